The number of aromatic nitrogens is 3. The van der Waals surface area contributed by atoms with Crippen LogP contribution in [0.4, 0.5) is 13.2 Å². The van der Waals surface area contributed by atoms with E-state index in [4.69, 9.17) is 9.26 Å². The molecule has 1 fully saturated rings. The molecule has 0 aromatic carbocycles. The Morgan fingerprint density at radius 3 is 2.38 bits per heavy atom. The van der Waals surface area contributed by atoms with Crippen LogP contribution in [0.3, 0.4) is 0 Å². The number of alkyl halides is 3. The molecular formula is C23H31F3N3O7P. The molecule has 1 aliphatic heterocycles. The Morgan fingerprint density at radius 2 is 1.84 bits per heavy atom. The summed E-state index contributed by atoms with van der Waals surface area (Å²) in [6, 6.07) is 1.16. The van der Waals surface area contributed by atoms with Crippen molar-refractivity contribution in [2.45, 2.75) is 89.6 Å². The van der Waals surface area contributed by atoms with E-state index < -0.39 is 66.4 Å². The van der Waals surface area contributed by atoms with Crippen molar-refractivity contribution in [1.29, 1.82) is 0 Å². The number of hydrogen-bond acceptors (Lipinski definition) is 8. The molecule has 5 unspecified atom stereocenters. The number of aryl methyl sites for hydroxylation is 1. The van der Waals surface area contributed by atoms with E-state index >= 15 is 0 Å². The van der Waals surface area contributed by atoms with Crippen molar-refractivity contribution in [3.8, 4) is 0 Å². The number of halogens is 3. The van der Waals surface area contributed by atoms with Crippen molar-refractivity contribution < 1.29 is 42.1 Å². The van der Waals surface area contributed by atoms with Gasteiger partial charge in [-0.1, -0.05) is 27.4 Å². The first-order valence-electron chi connectivity index (χ1n) is 11.8. The van der Waals surface area contributed by atoms with E-state index in [1.807, 2.05) is 0 Å². The van der Waals surface area contributed by atoms with E-state index in [-0.39, 0.29) is 42.1 Å². The third kappa shape index (κ3) is 5.81. The molecule has 2 aromatic heterocycles. The summed E-state index contributed by atoms with van der Waals surface area (Å²) in [5.74, 6) is 0. The third-order valence-electron chi connectivity index (χ3n) is 6.81. The Bertz CT molecular complexity index is 1280. The predicted octanol–water partition coefficient (Wildman–Crippen LogP) is 3.88. The largest absolute Gasteiger partial charge is 0.435 e. The van der Waals surface area contributed by atoms with Gasteiger partial charge in [0.1, 0.15) is 23.8 Å². The van der Waals surface area contributed by atoms with Gasteiger partial charge in [-0.05, 0) is 32.3 Å². The number of fused-ring (bicyclic) bond motifs is 1. The molecule has 4 N–H and O–H groups in total. The Hall–Kier alpha value is -2.15. The minimum Gasteiger partial charge on any atom is -0.388 e. The van der Waals surface area contributed by atoms with Crippen LogP contribution in [0.15, 0.2) is 22.8 Å². The molecule has 1 saturated heterocycles. The lowest BCUT2D eigenvalue weighted by Gasteiger charge is -2.36. The van der Waals surface area contributed by atoms with Gasteiger partial charge in [-0.2, -0.15) is 13.2 Å². The maximum absolute atomic E-state index is 13.2. The van der Waals surface area contributed by atoms with Gasteiger partial charge in [0.2, 0.25) is 0 Å². The minimum absolute atomic E-state index is 0.0253. The highest BCUT2D eigenvalue weighted by Gasteiger charge is 2.49. The Labute approximate surface area is 211 Å². The van der Waals surface area contributed by atoms with Gasteiger partial charge in [0, 0.05) is 11.7 Å². The van der Waals surface area contributed by atoms with E-state index in [2.05, 4.69) is 21.5 Å². The number of H-pyrrole nitrogens is 1. The van der Waals surface area contributed by atoms with E-state index in [1.165, 1.54) is 0 Å². The zero-order valence-electron chi connectivity index (χ0n) is 20.9. The average molecular weight is 549 g/mol. The Morgan fingerprint density at radius 1 is 1.22 bits per heavy atom. The summed E-state index contributed by atoms with van der Waals surface area (Å²) in [4.78, 5) is 32.7. The fourth-order valence-electron chi connectivity index (χ4n) is 4.37. The molecule has 5 atom stereocenters. The van der Waals surface area contributed by atoms with Crippen LogP contribution < -0.4 is 5.56 Å². The molecule has 2 aromatic rings. The summed E-state index contributed by atoms with van der Waals surface area (Å²) in [7, 11) is -4.20. The number of nitrogens with one attached hydrogen (secondary N) is 1. The fraction of sp³-hybridized carbons (Fsp3) is 0.609. The van der Waals surface area contributed by atoms with Gasteiger partial charge in [0.25, 0.3) is 5.56 Å². The fourth-order valence-corrected chi connectivity index (χ4v) is 5.76. The normalized spacial score (nSPS) is 24.4. The van der Waals surface area contributed by atoms with Gasteiger partial charge in [0.05, 0.1) is 23.0 Å². The summed E-state index contributed by atoms with van der Waals surface area (Å²) in [6.07, 6.45) is -9.61. The van der Waals surface area contributed by atoms with Gasteiger partial charge in [-0.3, -0.25) is 13.9 Å². The second-order valence-electron chi connectivity index (χ2n) is 9.15. The van der Waals surface area contributed by atoms with Crippen LogP contribution >= 0.6 is 7.60 Å². The van der Waals surface area contributed by atoms with E-state index in [0.29, 0.717) is 0 Å². The standard InChI is InChI=1S/C23H31F3N3O7P/c1-6-11(4)37(33,34)36-22(7-2,8-3)10-15-16(30)17(31)18(35-15)13-9-14-20(29-21(13)32)28-19(12(5)27-14)23(24,25)26/h9,15-18,30-31H,4,6-8,10H2,1-3,5H3,(H,33,34)(H,28,29,32). The topological polar surface area (TPSA) is 155 Å². The number of nitrogens with zero attached hydrogens (tertiary/aromatic N) is 2. The van der Waals surface area contributed by atoms with Crippen molar-refractivity contribution >= 4 is 18.8 Å². The van der Waals surface area contributed by atoms with Crippen molar-refractivity contribution in [3.05, 3.63) is 45.3 Å². The van der Waals surface area contributed by atoms with Crippen molar-refractivity contribution in [2.75, 3.05) is 0 Å². The highest BCUT2D eigenvalue weighted by molar-refractivity contribution is 7.57. The quantitative estimate of drug-likeness (QED) is 0.341. The SMILES string of the molecule is C=C(CC)P(=O)(O)OC(CC)(CC)CC1OC(c2cc3nc(C)c(C(F)(F)F)nc3[nH]c2=O)C(O)C1O. The molecule has 0 spiro atoms. The van der Waals surface area contributed by atoms with Crippen molar-refractivity contribution in [1.82, 2.24) is 15.0 Å². The first-order valence-corrected chi connectivity index (χ1v) is 13.4. The number of aliphatic hydroxyl groups is 2. The molecule has 0 bridgehead atoms. The first kappa shape index (κ1) is 29.4. The van der Waals surface area contributed by atoms with Gasteiger partial charge in [-0.15, -0.1) is 0 Å². The van der Waals surface area contributed by atoms with Crippen molar-refractivity contribution in [2.24, 2.45) is 0 Å². The molecule has 10 nitrogen and oxygen atoms in total. The molecule has 0 aliphatic carbocycles. The van der Waals surface area contributed by atoms with Crippen LogP contribution in [0.25, 0.3) is 11.2 Å². The van der Waals surface area contributed by atoms with Crippen LogP contribution in [0, 0.1) is 6.92 Å². The summed E-state index contributed by atoms with van der Waals surface area (Å²) in [5, 5.41) is 21.5. The van der Waals surface area contributed by atoms with Gasteiger partial charge in [-0.25, -0.2) is 9.97 Å². The molecule has 0 amide bonds. The maximum Gasteiger partial charge on any atom is 0.435 e. The summed E-state index contributed by atoms with van der Waals surface area (Å²) in [5.41, 5.74) is -4.35. The van der Waals surface area contributed by atoms with Crippen LogP contribution in [0.2, 0.25) is 0 Å². The lowest BCUT2D eigenvalue weighted by Crippen LogP contribution is -2.40. The molecule has 14 heteroatoms. The highest BCUT2D eigenvalue weighted by Crippen LogP contribution is 2.56. The molecule has 3 heterocycles. The average Bonchev–Trinajstić information content (AvgIpc) is 3.09. The van der Waals surface area contributed by atoms with Crippen molar-refractivity contribution in [3.63, 3.8) is 0 Å². The van der Waals surface area contributed by atoms with Gasteiger partial charge >= 0.3 is 13.8 Å². The Balaban J connectivity index is 1.94. The lowest BCUT2D eigenvalue weighted by molar-refractivity contribution is -0.141. The maximum atomic E-state index is 13.2. The number of aliphatic hydroxyl groups excluding tert-OH is 2. The number of pyridine rings is 1. The third-order valence-corrected chi connectivity index (χ3v) is 8.56. The Kier molecular flexibility index (Phi) is 8.38. The molecule has 1 aliphatic rings. The highest BCUT2D eigenvalue weighted by atomic mass is 31.2. The zero-order valence-corrected chi connectivity index (χ0v) is 21.8. The molecular weight excluding hydrogens is 518 g/mol. The number of ether oxygens (including phenoxy) is 1. The zero-order chi connectivity index (χ0) is 27.9. The van der Waals surface area contributed by atoms with E-state index in [0.717, 1.165) is 13.0 Å². The predicted molar refractivity (Wildman–Crippen MR) is 128 cm³/mol. The number of hydrogen-bond donors (Lipinski definition) is 4. The van der Waals surface area contributed by atoms with E-state index in [9.17, 15) is 37.6 Å². The van der Waals surface area contributed by atoms with E-state index in [1.54, 1.807) is 20.8 Å². The molecule has 0 saturated carbocycles. The smallest absolute Gasteiger partial charge is 0.388 e. The molecule has 37 heavy (non-hydrogen) atoms. The second-order valence-corrected chi connectivity index (χ2v) is 11.0. The molecule has 206 valence electrons. The number of allylic oxidation sites excluding steroid dienone is 1. The van der Waals surface area contributed by atoms with Crippen LogP contribution in [-0.2, 0) is 20.0 Å². The number of aromatic amines is 1. The first-order chi connectivity index (χ1) is 17.1. The molecule has 0 radical (unpaired) electrons. The minimum atomic E-state index is -4.77. The second kappa shape index (κ2) is 10.5. The van der Waals surface area contributed by atoms with Crippen LogP contribution in [-0.4, -0.2) is 54.0 Å². The monoisotopic (exact) mass is 549 g/mol. The van der Waals surface area contributed by atoms with Crippen LogP contribution in [0.1, 0.15) is 69.5 Å². The van der Waals surface area contributed by atoms with Gasteiger partial charge < -0.3 is 24.8 Å². The van der Waals surface area contributed by atoms with Crippen LogP contribution in [0.5, 0.6) is 0 Å². The summed E-state index contributed by atoms with van der Waals surface area (Å²) < 4.78 is 63.8. The van der Waals surface area contributed by atoms with Gasteiger partial charge in [0.15, 0.2) is 11.3 Å². The number of rotatable bonds is 9. The summed E-state index contributed by atoms with van der Waals surface area (Å²) >= 11 is 0. The lowest BCUT2D eigenvalue weighted by atomic mass is 9.88. The summed E-state index contributed by atoms with van der Waals surface area (Å²) in [6.45, 7) is 9.86. The molecule has 3 rings (SSSR count).